The first kappa shape index (κ1) is 22.1. The van der Waals surface area contributed by atoms with E-state index in [1.807, 2.05) is 0 Å². The zero-order valence-corrected chi connectivity index (χ0v) is 16.9. The lowest BCUT2D eigenvalue weighted by Gasteiger charge is -2.37. The van der Waals surface area contributed by atoms with Crippen molar-refractivity contribution in [3.63, 3.8) is 0 Å². The van der Waals surface area contributed by atoms with E-state index >= 15 is 0 Å². The number of anilines is 1. The van der Waals surface area contributed by atoms with E-state index in [2.05, 4.69) is 47.2 Å². The number of rotatable bonds is 4. The van der Waals surface area contributed by atoms with Crippen LogP contribution < -0.4 is 10.2 Å². The van der Waals surface area contributed by atoms with Crippen LogP contribution in [0.15, 0.2) is 18.2 Å². The quantitative estimate of drug-likeness (QED) is 0.861. The normalized spacial score (nSPS) is 20.0. The molecule has 6 heteroatoms. The van der Waals surface area contributed by atoms with Gasteiger partial charge < -0.3 is 15.1 Å². The maximum Gasteiger partial charge on any atom is 0.222 e. The number of nitrogens with zero attached hydrogens (tertiary/aromatic N) is 2. The minimum absolute atomic E-state index is 0. The number of hydrogen-bond donors (Lipinski definition) is 1. The van der Waals surface area contributed by atoms with E-state index in [1.165, 1.54) is 23.2 Å². The third kappa shape index (κ3) is 5.50. The summed E-state index contributed by atoms with van der Waals surface area (Å²) in [6.07, 6.45) is 2.99. The summed E-state index contributed by atoms with van der Waals surface area (Å²) >= 11 is 0. The first-order valence-electron chi connectivity index (χ1n) is 8.95. The van der Waals surface area contributed by atoms with E-state index in [0.717, 1.165) is 52.1 Å². The summed E-state index contributed by atoms with van der Waals surface area (Å²) < 4.78 is 0. The summed E-state index contributed by atoms with van der Waals surface area (Å²) in [5.74, 6) is 1.05. The van der Waals surface area contributed by atoms with E-state index in [-0.39, 0.29) is 24.8 Å². The molecule has 2 heterocycles. The van der Waals surface area contributed by atoms with Crippen molar-refractivity contribution in [2.24, 2.45) is 5.92 Å². The number of piperazine rings is 1. The molecule has 2 aliphatic heterocycles. The van der Waals surface area contributed by atoms with Gasteiger partial charge in [0.2, 0.25) is 5.91 Å². The van der Waals surface area contributed by atoms with Gasteiger partial charge in [0.05, 0.1) is 0 Å². The fraction of sp³-hybridized carbons (Fsp3) is 0.632. The summed E-state index contributed by atoms with van der Waals surface area (Å²) in [6, 6.07) is 6.49. The molecule has 0 aliphatic carbocycles. The standard InChI is InChI=1S/C19H29N3O.2ClH/c1-15-4-3-5-18(16(15)2)21-10-12-22(13-11-21)19(23)7-6-17-8-9-20-14-17;;/h3-5,17,20H,6-14H2,1-2H3;2*1H. The minimum atomic E-state index is 0. The van der Waals surface area contributed by atoms with Gasteiger partial charge in [-0.15, -0.1) is 24.8 Å². The van der Waals surface area contributed by atoms with Gasteiger partial charge >= 0.3 is 0 Å². The molecule has 2 aliphatic rings. The summed E-state index contributed by atoms with van der Waals surface area (Å²) in [4.78, 5) is 16.9. The topological polar surface area (TPSA) is 35.6 Å². The maximum absolute atomic E-state index is 12.4. The van der Waals surface area contributed by atoms with Crippen molar-refractivity contribution < 1.29 is 4.79 Å². The Hall–Kier alpha value is -0.970. The first-order valence-corrected chi connectivity index (χ1v) is 8.95. The fourth-order valence-electron chi connectivity index (χ4n) is 3.72. The second kappa shape index (κ2) is 10.2. The number of halogens is 2. The van der Waals surface area contributed by atoms with Gasteiger partial charge in [-0.2, -0.15) is 0 Å². The van der Waals surface area contributed by atoms with Crippen molar-refractivity contribution in [2.75, 3.05) is 44.2 Å². The molecule has 2 fully saturated rings. The van der Waals surface area contributed by atoms with Gasteiger partial charge in [-0.05, 0) is 62.9 Å². The highest BCUT2D eigenvalue weighted by molar-refractivity contribution is 5.85. The summed E-state index contributed by atoms with van der Waals surface area (Å²) in [5.41, 5.74) is 4.03. The van der Waals surface area contributed by atoms with Gasteiger partial charge in [0.25, 0.3) is 0 Å². The van der Waals surface area contributed by atoms with Crippen LogP contribution >= 0.6 is 24.8 Å². The SMILES string of the molecule is Cc1cccc(N2CCN(C(=O)CCC3CCNC3)CC2)c1C.Cl.Cl. The maximum atomic E-state index is 12.4. The van der Waals surface area contributed by atoms with Crippen LogP contribution in [-0.2, 0) is 4.79 Å². The van der Waals surface area contributed by atoms with Crippen molar-refractivity contribution >= 4 is 36.4 Å². The molecule has 1 N–H and O–H groups in total. The van der Waals surface area contributed by atoms with Crippen LogP contribution in [-0.4, -0.2) is 50.1 Å². The largest absolute Gasteiger partial charge is 0.368 e. The van der Waals surface area contributed by atoms with Crippen LogP contribution in [0, 0.1) is 19.8 Å². The van der Waals surface area contributed by atoms with Crippen molar-refractivity contribution in [2.45, 2.75) is 33.1 Å². The lowest BCUT2D eigenvalue weighted by atomic mass is 10.0. The summed E-state index contributed by atoms with van der Waals surface area (Å²) in [6.45, 7) is 10.2. The molecule has 4 nitrogen and oxygen atoms in total. The van der Waals surface area contributed by atoms with Crippen LogP contribution in [0.2, 0.25) is 0 Å². The molecule has 1 amide bonds. The van der Waals surface area contributed by atoms with Crippen LogP contribution in [0.1, 0.15) is 30.4 Å². The number of amides is 1. The molecule has 0 bridgehead atoms. The van der Waals surface area contributed by atoms with Crippen molar-refractivity contribution in [1.29, 1.82) is 0 Å². The Bertz CT molecular complexity index is 554. The zero-order valence-electron chi connectivity index (χ0n) is 15.3. The molecule has 0 spiro atoms. The predicted octanol–water partition coefficient (Wildman–Crippen LogP) is 3.19. The average molecular weight is 388 g/mol. The Labute approximate surface area is 164 Å². The number of nitrogens with one attached hydrogen (secondary N) is 1. The predicted molar refractivity (Wildman–Crippen MR) is 109 cm³/mol. The van der Waals surface area contributed by atoms with Crippen LogP contribution in [0.3, 0.4) is 0 Å². The van der Waals surface area contributed by atoms with Gasteiger partial charge in [0.15, 0.2) is 0 Å². The van der Waals surface area contributed by atoms with E-state index in [9.17, 15) is 4.79 Å². The highest BCUT2D eigenvalue weighted by Gasteiger charge is 2.23. The molecular formula is C19H31Cl2N3O. The zero-order chi connectivity index (χ0) is 16.2. The third-order valence-electron chi connectivity index (χ3n) is 5.48. The molecule has 1 atom stereocenters. The molecule has 3 rings (SSSR count). The molecule has 1 unspecified atom stereocenters. The molecule has 142 valence electrons. The second-order valence-electron chi connectivity index (χ2n) is 6.98. The molecule has 2 saturated heterocycles. The lowest BCUT2D eigenvalue weighted by molar-refractivity contribution is -0.131. The van der Waals surface area contributed by atoms with Crippen LogP contribution in [0.5, 0.6) is 0 Å². The number of aryl methyl sites for hydroxylation is 1. The smallest absolute Gasteiger partial charge is 0.222 e. The monoisotopic (exact) mass is 387 g/mol. The molecule has 1 aromatic rings. The summed E-state index contributed by atoms with van der Waals surface area (Å²) in [7, 11) is 0. The second-order valence-corrected chi connectivity index (χ2v) is 6.98. The van der Waals surface area contributed by atoms with Crippen molar-refractivity contribution in [3.05, 3.63) is 29.3 Å². The van der Waals surface area contributed by atoms with Gasteiger partial charge in [-0.1, -0.05) is 12.1 Å². The Balaban J connectivity index is 0.00000156. The third-order valence-corrected chi connectivity index (χ3v) is 5.48. The molecule has 0 saturated carbocycles. The number of carbonyl (C=O) groups is 1. The van der Waals surface area contributed by atoms with Gasteiger partial charge in [-0.3, -0.25) is 4.79 Å². The Morgan fingerprint density at radius 1 is 1.16 bits per heavy atom. The highest BCUT2D eigenvalue weighted by atomic mass is 35.5. The molecular weight excluding hydrogens is 357 g/mol. The minimum Gasteiger partial charge on any atom is -0.368 e. The van der Waals surface area contributed by atoms with Gasteiger partial charge in [0, 0.05) is 38.3 Å². The Kier molecular flexibility index (Phi) is 9.04. The van der Waals surface area contributed by atoms with Crippen LogP contribution in [0.25, 0.3) is 0 Å². The summed E-state index contributed by atoms with van der Waals surface area (Å²) in [5, 5.41) is 3.38. The van der Waals surface area contributed by atoms with E-state index in [4.69, 9.17) is 0 Å². The Morgan fingerprint density at radius 3 is 2.52 bits per heavy atom. The Morgan fingerprint density at radius 2 is 1.88 bits per heavy atom. The van der Waals surface area contributed by atoms with E-state index in [0.29, 0.717) is 11.8 Å². The average Bonchev–Trinajstić information content (AvgIpc) is 3.09. The molecule has 0 radical (unpaired) electrons. The lowest BCUT2D eigenvalue weighted by Crippen LogP contribution is -2.49. The highest BCUT2D eigenvalue weighted by Crippen LogP contribution is 2.24. The van der Waals surface area contributed by atoms with Crippen LogP contribution in [0.4, 0.5) is 5.69 Å². The van der Waals surface area contributed by atoms with Crippen molar-refractivity contribution in [3.8, 4) is 0 Å². The molecule has 1 aromatic carbocycles. The number of carbonyl (C=O) groups excluding carboxylic acids is 1. The van der Waals surface area contributed by atoms with Crippen molar-refractivity contribution in [1.82, 2.24) is 10.2 Å². The first-order chi connectivity index (χ1) is 11.1. The molecule has 25 heavy (non-hydrogen) atoms. The molecule has 0 aromatic heterocycles. The van der Waals surface area contributed by atoms with E-state index < -0.39 is 0 Å². The number of benzene rings is 1. The van der Waals surface area contributed by atoms with E-state index in [1.54, 1.807) is 0 Å². The van der Waals surface area contributed by atoms with Gasteiger partial charge in [-0.25, -0.2) is 0 Å². The fourth-order valence-corrected chi connectivity index (χ4v) is 3.72. The van der Waals surface area contributed by atoms with Gasteiger partial charge in [0.1, 0.15) is 0 Å². The number of hydrogen-bond acceptors (Lipinski definition) is 3.